The number of ether oxygens (including phenoxy) is 1. The Morgan fingerprint density at radius 1 is 1.00 bits per heavy atom. The molecule has 0 aliphatic heterocycles. The van der Waals surface area contributed by atoms with Gasteiger partial charge in [-0.2, -0.15) is 0 Å². The number of ketones is 1. The lowest BCUT2D eigenvalue weighted by molar-refractivity contribution is -0.126. The van der Waals surface area contributed by atoms with Crippen molar-refractivity contribution in [3.63, 3.8) is 0 Å². The fourth-order valence-corrected chi connectivity index (χ4v) is 2.02. The number of rotatable bonds is 5. The van der Waals surface area contributed by atoms with Gasteiger partial charge < -0.3 is 10.1 Å². The maximum atomic E-state index is 12.3. The van der Waals surface area contributed by atoms with E-state index in [9.17, 15) is 9.59 Å². The zero-order valence-electron chi connectivity index (χ0n) is 12.0. The van der Waals surface area contributed by atoms with Gasteiger partial charge in [0.1, 0.15) is 0 Å². The molecule has 108 valence electrons. The van der Waals surface area contributed by atoms with Crippen LogP contribution < -0.4 is 5.32 Å². The van der Waals surface area contributed by atoms with Gasteiger partial charge in [-0.1, -0.05) is 30.3 Å². The summed E-state index contributed by atoms with van der Waals surface area (Å²) in [6.45, 7) is 1.50. The third-order valence-electron chi connectivity index (χ3n) is 3.14. The molecule has 0 saturated heterocycles. The first-order valence-corrected chi connectivity index (χ1v) is 6.61. The van der Waals surface area contributed by atoms with Crippen molar-refractivity contribution in [3.8, 4) is 0 Å². The molecule has 0 radical (unpaired) electrons. The van der Waals surface area contributed by atoms with E-state index in [2.05, 4.69) is 5.32 Å². The Morgan fingerprint density at radius 2 is 1.62 bits per heavy atom. The summed E-state index contributed by atoms with van der Waals surface area (Å²) < 4.78 is 5.27. The molecule has 2 rings (SSSR count). The van der Waals surface area contributed by atoms with E-state index in [-0.39, 0.29) is 11.7 Å². The van der Waals surface area contributed by atoms with Crippen LogP contribution in [-0.2, 0) is 9.53 Å². The number of anilines is 1. The van der Waals surface area contributed by atoms with Crippen molar-refractivity contribution < 1.29 is 14.3 Å². The molecule has 1 amide bonds. The molecule has 0 unspecified atom stereocenters. The summed E-state index contributed by atoms with van der Waals surface area (Å²) in [6, 6.07) is 16.0. The molecule has 0 aliphatic rings. The molecule has 1 atom stereocenters. The quantitative estimate of drug-likeness (QED) is 0.857. The van der Waals surface area contributed by atoms with E-state index < -0.39 is 6.10 Å². The summed E-state index contributed by atoms with van der Waals surface area (Å²) >= 11 is 0. The van der Waals surface area contributed by atoms with Crippen molar-refractivity contribution in [1.29, 1.82) is 0 Å². The fourth-order valence-electron chi connectivity index (χ4n) is 2.02. The van der Waals surface area contributed by atoms with Gasteiger partial charge in [0.05, 0.1) is 0 Å². The molecule has 4 heteroatoms. The lowest BCUT2D eigenvalue weighted by Crippen LogP contribution is -2.22. The number of nitrogens with one attached hydrogen (secondary N) is 1. The molecule has 1 N–H and O–H groups in total. The highest BCUT2D eigenvalue weighted by Crippen LogP contribution is 2.19. The minimum Gasteiger partial charge on any atom is -0.367 e. The van der Waals surface area contributed by atoms with Crippen LogP contribution in [0, 0.1) is 0 Å². The van der Waals surface area contributed by atoms with Crippen LogP contribution in [0.25, 0.3) is 0 Å². The summed E-state index contributed by atoms with van der Waals surface area (Å²) in [5, 5.41) is 2.78. The lowest BCUT2D eigenvalue weighted by atomic mass is 10.1. The Hall–Kier alpha value is -2.46. The average molecular weight is 283 g/mol. The van der Waals surface area contributed by atoms with Crippen LogP contribution in [0.1, 0.15) is 28.9 Å². The second kappa shape index (κ2) is 6.81. The first-order valence-electron chi connectivity index (χ1n) is 6.61. The number of methoxy groups -OCH3 is 1. The Labute approximate surface area is 123 Å². The number of carbonyl (C=O) groups is 2. The minimum atomic E-state index is -0.668. The maximum Gasteiger partial charge on any atom is 0.258 e. The summed E-state index contributed by atoms with van der Waals surface area (Å²) in [7, 11) is 1.50. The number of amides is 1. The van der Waals surface area contributed by atoms with Crippen LogP contribution in [-0.4, -0.2) is 18.8 Å². The Morgan fingerprint density at radius 3 is 2.14 bits per heavy atom. The van der Waals surface area contributed by atoms with Crippen molar-refractivity contribution in [2.45, 2.75) is 13.0 Å². The van der Waals surface area contributed by atoms with Gasteiger partial charge in [0.2, 0.25) is 0 Å². The number of carbonyl (C=O) groups excluding carboxylic acids is 2. The standard InChI is InChI=1S/C17H17NO3/c1-12(19)13-8-10-15(11-9-13)18-17(20)16(21-2)14-6-4-3-5-7-14/h3-11,16H,1-2H3,(H,18,20)/t16-/m1/s1. The SMILES string of the molecule is CO[C@@H](C(=O)Nc1ccc(C(C)=O)cc1)c1ccccc1. The van der Waals surface area contributed by atoms with Crippen LogP contribution in [0.2, 0.25) is 0 Å². The molecule has 0 saturated carbocycles. The Kier molecular flexibility index (Phi) is 4.85. The van der Waals surface area contributed by atoms with Gasteiger partial charge in [-0.3, -0.25) is 9.59 Å². The Balaban J connectivity index is 2.11. The molecular formula is C17H17NO3. The molecule has 2 aromatic carbocycles. The molecular weight excluding hydrogens is 266 g/mol. The highest BCUT2D eigenvalue weighted by molar-refractivity contribution is 5.97. The number of Topliss-reactive ketones (excluding diaryl/α,β-unsaturated/α-hetero) is 1. The zero-order valence-corrected chi connectivity index (χ0v) is 12.0. The predicted molar refractivity (Wildman–Crippen MR) is 81.3 cm³/mol. The second-order valence-electron chi connectivity index (χ2n) is 4.65. The molecule has 0 fully saturated rings. The van der Waals surface area contributed by atoms with Crippen molar-refractivity contribution in [2.24, 2.45) is 0 Å². The molecule has 0 spiro atoms. The highest BCUT2D eigenvalue weighted by Gasteiger charge is 2.19. The topological polar surface area (TPSA) is 55.4 Å². The molecule has 0 bridgehead atoms. The van der Waals surface area contributed by atoms with E-state index in [1.807, 2.05) is 30.3 Å². The fraction of sp³-hybridized carbons (Fsp3) is 0.176. The first kappa shape index (κ1) is 14.9. The molecule has 21 heavy (non-hydrogen) atoms. The van der Waals surface area contributed by atoms with E-state index in [0.717, 1.165) is 5.56 Å². The lowest BCUT2D eigenvalue weighted by Gasteiger charge is -2.15. The third-order valence-corrected chi connectivity index (χ3v) is 3.14. The molecule has 0 aromatic heterocycles. The first-order chi connectivity index (χ1) is 10.1. The van der Waals surface area contributed by atoms with Crippen molar-refractivity contribution in [2.75, 3.05) is 12.4 Å². The molecule has 0 aliphatic carbocycles. The largest absolute Gasteiger partial charge is 0.367 e. The van der Waals surface area contributed by atoms with Crippen molar-refractivity contribution >= 4 is 17.4 Å². The van der Waals surface area contributed by atoms with Gasteiger partial charge >= 0.3 is 0 Å². The second-order valence-corrected chi connectivity index (χ2v) is 4.65. The van der Waals surface area contributed by atoms with Gasteiger partial charge in [-0.25, -0.2) is 0 Å². The van der Waals surface area contributed by atoms with E-state index in [1.165, 1.54) is 14.0 Å². The average Bonchev–Trinajstić information content (AvgIpc) is 2.49. The predicted octanol–water partition coefficient (Wildman–Crippen LogP) is 3.22. The van der Waals surface area contributed by atoms with Crippen LogP contribution in [0.4, 0.5) is 5.69 Å². The van der Waals surface area contributed by atoms with Crippen LogP contribution >= 0.6 is 0 Å². The van der Waals surface area contributed by atoms with Gasteiger partial charge in [-0.15, -0.1) is 0 Å². The van der Waals surface area contributed by atoms with Crippen molar-refractivity contribution in [3.05, 3.63) is 65.7 Å². The normalized spacial score (nSPS) is 11.7. The number of benzene rings is 2. The summed E-state index contributed by atoms with van der Waals surface area (Å²) in [5.41, 5.74) is 2.03. The van der Waals surface area contributed by atoms with Gasteiger partial charge in [0.15, 0.2) is 11.9 Å². The monoisotopic (exact) mass is 283 g/mol. The van der Waals surface area contributed by atoms with Gasteiger partial charge in [-0.05, 0) is 36.8 Å². The van der Waals surface area contributed by atoms with Crippen LogP contribution in [0.15, 0.2) is 54.6 Å². The molecule has 4 nitrogen and oxygen atoms in total. The number of hydrogen-bond acceptors (Lipinski definition) is 3. The maximum absolute atomic E-state index is 12.3. The van der Waals surface area contributed by atoms with Crippen molar-refractivity contribution in [1.82, 2.24) is 0 Å². The van der Waals surface area contributed by atoms with Gasteiger partial charge in [0, 0.05) is 18.4 Å². The van der Waals surface area contributed by atoms with E-state index >= 15 is 0 Å². The van der Waals surface area contributed by atoms with E-state index in [0.29, 0.717) is 11.3 Å². The van der Waals surface area contributed by atoms with Gasteiger partial charge in [0.25, 0.3) is 5.91 Å². The Bertz CT molecular complexity index is 620. The van der Waals surface area contributed by atoms with E-state index in [4.69, 9.17) is 4.74 Å². The van der Waals surface area contributed by atoms with Crippen LogP contribution in [0.5, 0.6) is 0 Å². The molecule has 2 aromatic rings. The highest BCUT2D eigenvalue weighted by atomic mass is 16.5. The zero-order chi connectivity index (χ0) is 15.2. The summed E-state index contributed by atoms with van der Waals surface area (Å²) in [5.74, 6) is -0.258. The summed E-state index contributed by atoms with van der Waals surface area (Å²) in [4.78, 5) is 23.5. The van der Waals surface area contributed by atoms with Crippen LogP contribution in [0.3, 0.4) is 0 Å². The van der Waals surface area contributed by atoms with E-state index in [1.54, 1.807) is 24.3 Å². The third kappa shape index (κ3) is 3.77. The summed E-state index contributed by atoms with van der Waals surface area (Å²) in [6.07, 6.45) is -0.668. The molecule has 0 heterocycles. The minimum absolute atomic E-state index is 0.00747. The number of hydrogen-bond donors (Lipinski definition) is 1. The smallest absolute Gasteiger partial charge is 0.258 e.